The van der Waals surface area contributed by atoms with Crippen molar-refractivity contribution in [2.75, 3.05) is 7.11 Å². The molecule has 4 aliphatic carbocycles. The summed E-state index contributed by atoms with van der Waals surface area (Å²) >= 11 is 0. The standard InChI is InChI=1S/C22H25N3O4/c1-28-16-4-2-3-13(7-16)18-8-17(25-29-18)20(26)24-19-14-5-12-6-15(19)11-22(9-12,10-14)21(23)27/h2-4,7-8,12,14-15,19H,5-6,9-11H2,1H3,(H2,23,27)(H,24,26)/t12?,14?,15?,19-,22-. The molecule has 1 aromatic carbocycles. The number of hydrogen-bond donors (Lipinski definition) is 2. The molecule has 4 bridgehead atoms. The summed E-state index contributed by atoms with van der Waals surface area (Å²) in [5.41, 5.74) is 6.46. The van der Waals surface area contributed by atoms with Crippen LogP contribution in [0.1, 0.15) is 42.6 Å². The molecule has 1 aromatic heterocycles. The molecule has 0 radical (unpaired) electrons. The zero-order valence-electron chi connectivity index (χ0n) is 16.4. The second-order valence-electron chi connectivity index (χ2n) is 8.92. The number of carbonyl (C=O) groups is 2. The highest BCUT2D eigenvalue weighted by atomic mass is 16.5. The van der Waals surface area contributed by atoms with Gasteiger partial charge in [0.2, 0.25) is 5.91 Å². The van der Waals surface area contributed by atoms with Crippen LogP contribution in [0, 0.1) is 23.2 Å². The summed E-state index contributed by atoms with van der Waals surface area (Å²) in [6.07, 6.45) is 4.61. The quantitative estimate of drug-likeness (QED) is 0.809. The van der Waals surface area contributed by atoms with Crippen molar-refractivity contribution in [3.05, 3.63) is 36.0 Å². The van der Waals surface area contributed by atoms with E-state index in [2.05, 4.69) is 10.5 Å². The highest BCUT2D eigenvalue weighted by molar-refractivity contribution is 5.93. The summed E-state index contributed by atoms with van der Waals surface area (Å²) in [4.78, 5) is 25.0. The zero-order chi connectivity index (χ0) is 20.2. The van der Waals surface area contributed by atoms with Gasteiger partial charge in [-0.1, -0.05) is 17.3 Å². The third-order valence-electron chi connectivity index (χ3n) is 7.19. The van der Waals surface area contributed by atoms with Crippen LogP contribution in [-0.2, 0) is 4.79 Å². The Balaban J connectivity index is 1.32. The van der Waals surface area contributed by atoms with Crippen molar-refractivity contribution in [2.24, 2.45) is 28.9 Å². The van der Waals surface area contributed by atoms with Crippen LogP contribution in [0.3, 0.4) is 0 Å². The molecule has 4 fully saturated rings. The molecular formula is C22H25N3O4. The van der Waals surface area contributed by atoms with Crippen LogP contribution < -0.4 is 15.8 Å². The predicted molar refractivity (Wildman–Crippen MR) is 105 cm³/mol. The first-order chi connectivity index (χ1) is 14.0. The number of rotatable bonds is 5. The van der Waals surface area contributed by atoms with Crippen molar-refractivity contribution in [3.63, 3.8) is 0 Å². The van der Waals surface area contributed by atoms with E-state index >= 15 is 0 Å². The average molecular weight is 395 g/mol. The van der Waals surface area contributed by atoms with Crippen molar-refractivity contribution < 1.29 is 18.8 Å². The van der Waals surface area contributed by atoms with E-state index in [1.807, 2.05) is 24.3 Å². The molecule has 3 N–H and O–H groups in total. The third kappa shape index (κ3) is 2.99. The molecule has 2 atom stereocenters. The normalized spacial score (nSPS) is 32.2. The van der Waals surface area contributed by atoms with Gasteiger partial charge in [-0.25, -0.2) is 0 Å². The first-order valence-electron chi connectivity index (χ1n) is 10.2. The maximum absolute atomic E-state index is 12.9. The third-order valence-corrected chi connectivity index (χ3v) is 7.19. The molecule has 0 saturated heterocycles. The van der Waals surface area contributed by atoms with Crippen molar-refractivity contribution in [3.8, 4) is 17.1 Å². The van der Waals surface area contributed by atoms with Gasteiger partial charge >= 0.3 is 0 Å². The number of nitrogens with zero attached hydrogens (tertiary/aromatic N) is 1. The molecule has 4 aliphatic rings. The van der Waals surface area contributed by atoms with Gasteiger partial charge in [0.05, 0.1) is 7.11 Å². The Morgan fingerprint density at radius 2 is 1.97 bits per heavy atom. The first-order valence-corrected chi connectivity index (χ1v) is 10.2. The fourth-order valence-electron chi connectivity index (χ4n) is 6.08. The maximum atomic E-state index is 12.9. The second kappa shape index (κ2) is 6.61. The van der Waals surface area contributed by atoms with E-state index in [0.717, 1.165) is 37.7 Å². The fourth-order valence-corrected chi connectivity index (χ4v) is 6.08. The molecule has 6 rings (SSSR count). The molecule has 2 aromatic rings. The van der Waals surface area contributed by atoms with Crippen LogP contribution in [-0.4, -0.2) is 30.1 Å². The van der Waals surface area contributed by atoms with Gasteiger partial charge < -0.3 is 20.3 Å². The summed E-state index contributed by atoms with van der Waals surface area (Å²) in [6.45, 7) is 0. The largest absolute Gasteiger partial charge is 0.497 e. The Bertz CT molecular complexity index is 952. The molecule has 0 spiro atoms. The van der Waals surface area contributed by atoms with Crippen molar-refractivity contribution in [2.45, 2.75) is 38.1 Å². The monoisotopic (exact) mass is 395 g/mol. The predicted octanol–water partition coefficient (Wildman–Crippen LogP) is 2.76. The Hall–Kier alpha value is -2.83. The SMILES string of the molecule is COc1cccc(-c2cc(C(=O)N[C@H]3C4CC5CC3C[C@](C(N)=O)(C5)C4)no2)c1. The molecule has 0 aliphatic heterocycles. The van der Waals surface area contributed by atoms with Gasteiger partial charge in [-0.05, 0) is 62.0 Å². The number of hydrogen-bond acceptors (Lipinski definition) is 5. The summed E-state index contributed by atoms with van der Waals surface area (Å²) in [5.74, 6) is 2.01. The van der Waals surface area contributed by atoms with E-state index in [9.17, 15) is 9.59 Å². The number of methoxy groups -OCH3 is 1. The Morgan fingerprint density at radius 1 is 1.21 bits per heavy atom. The minimum atomic E-state index is -0.356. The van der Waals surface area contributed by atoms with Crippen LogP contribution in [0.25, 0.3) is 11.3 Å². The van der Waals surface area contributed by atoms with E-state index in [-0.39, 0.29) is 29.0 Å². The number of nitrogens with two attached hydrogens (primary N) is 1. The van der Waals surface area contributed by atoms with Gasteiger partial charge in [-0.3, -0.25) is 9.59 Å². The van der Waals surface area contributed by atoms with E-state index in [1.54, 1.807) is 13.2 Å². The van der Waals surface area contributed by atoms with Gasteiger partial charge in [0.25, 0.3) is 5.91 Å². The van der Waals surface area contributed by atoms with Gasteiger partial charge in [-0.15, -0.1) is 0 Å². The van der Waals surface area contributed by atoms with Gasteiger partial charge in [0.15, 0.2) is 11.5 Å². The van der Waals surface area contributed by atoms with Gasteiger partial charge in [0.1, 0.15) is 5.75 Å². The van der Waals surface area contributed by atoms with E-state index in [1.165, 1.54) is 0 Å². The molecule has 7 nitrogen and oxygen atoms in total. The van der Waals surface area contributed by atoms with Crippen LogP contribution in [0.4, 0.5) is 0 Å². The minimum Gasteiger partial charge on any atom is -0.497 e. The lowest BCUT2D eigenvalue weighted by Crippen LogP contribution is -2.62. The smallest absolute Gasteiger partial charge is 0.273 e. The molecular weight excluding hydrogens is 370 g/mol. The van der Waals surface area contributed by atoms with Crippen molar-refractivity contribution >= 4 is 11.8 Å². The molecule has 4 saturated carbocycles. The number of aromatic nitrogens is 1. The summed E-state index contributed by atoms with van der Waals surface area (Å²) < 4.78 is 10.6. The first kappa shape index (κ1) is 18.2. The van der Waals surface area contributed by atoms with Crippen LogP contribution in [0.5, 0.6) is 5.75 Å². The van der Waals surface area contributed by atoms with Crippen molar-refractivity contribution in [1.29, 1.82) is 0 Å². The topological polar surface area (TPSA) is 107 Å². The Morgan fingerprint density at radius 3 is 2.66 bits per heavy atom. The molecule has 1 heterocycles. The van der Waals surface area contributed by atoms with Gasteiger partial charge in [0, 0.05) is 23.1 Å². The van der Waals surface area contributed by atoms with E-state index in [4.69, 9.17) is 15.0 Å². The summed E-state index contributed by atoms with van der Waals surface area (Å²) in [7, 11) is 1.60. The second-order valence-corrected chi connectivity index (χ2v) is 8.92. The molecule has 2 unspecified atom stereocenters. The molecule has 2 amide bonds. The Kier molecular flexibility index (Phi) is 4.15. The number of nitrogens with one attached hydrogen (secondary N) is 1. The Labute approximate surface area is 169 Å². The number of benzene rings is 1. The van der Waals surface area contributed by atoms with Crippen molar-refractivity contribution in [1.82, 2.24) is 10.5 Å². The average Bonchev–Trinajstić information content (AvgIpc) is 3.20. The highest BCUT2D eigenvalue weighted by Gasteiger charge is 2.58. The lowest BCUT2D eigenvalue weighted by atomic mass is 9.47. The van der Waals surface area contributed by atoms with Crippen LogP contribution >= 0.6 is 0 Å². The molecule has 152 valence electrons. The minimum absolute atomic E-state index is 0.0727. The molecule has 29 heavy (non-hydrogen) atoms. The summed E-state index contributed by atoms with van der Waals surface area (Å²) in [5, 5.41) is 7.15. The number of ether oxygens (including phenoxy) is 1. The number of amides is 2. The van der Waals surface area contributed by atoms with Crippen LogP contribution in [0.2, 0.25) is 0 Å². The lowest BCUT2D eigenvalue weighted by Gasteiger charge is -2.58. The number of primary amides is 1. The highest BCUT2D eigenvalue weighted by Crippen LogP contribution is 2.59. The van der Waals surface area contributed by atoms with E-state index < -0.39 is 0 Å². The zero-order valence-corrected chi connectivity index (χ0v) is 16.4. The van der Waals surface area contributed by atoms with E-state index in [0.29, 0.717) is 29.3 Å². The van der Waals surface area contributed by atoms with Gasteiger partial charge in [-0.2, -0.15) is 0 Å². The summed E-state index contributed by atoms with van der Waals surface area (Å²) in [6, 6.07) is 9.15. The maximum Gasteiger partial charge on any atom is 0.273 e. The van der Waals surface area contributed by atoms with Crippen LogP contribution in [0.15, 0.2) is 34.9 Å². The molecule has 7 heteroatoms. The number of carbonyl (C=O) groups excluding carboxylic acids is 2. The lowest BCUT2D eigenvalue weighted by molar-refractivity contribution is -0.145. The fraction of sp³-hybridized carbons (Fsp3) is 0.500.